The lowest BCUT2D eigenvalue weighted by atomic mass is 10.3. The van der Waals surface area contributed by atoms with Gasteiger partial charge in [0.2, 0.25) is 5.95 Å². The van der Waals surface area contributed by atoms with Crippen molar-refractivity contribution < 1.29 is 4.39 Å². The molecule has 23 heavy (non-hydrogen) atoms. The highest BCUT2D eigenvalue weighted by molar-refractivity contribution is 5.57. The van der Waals surface area contributed by atoms with E-state index in [0.29, 0.717) is 24.0 Å². The number of hydrogen-bond donors (Lipinski definition) is 2. The third-order valence-corrected chi connectivity index (χ3v) is 3.12. The predicted molar refractivity (Wildman–Crippen MR) is 88.0 cm³/mol. The second-order valence-electron chi connectivity index (χ2n) is 5.07. The SMILES string of the molecule is Cc1cc(Nc2cccc(F)c2)nc(NCc2cccnc2)n1. The van der Waals surface area contributed by atoms with Gasteiger partial charge in [0, 0.05) is 36.4 Å². The van der Waals surface area contributed by atoms with Crippen LogP contribution in [0, 0.1) is 12.7 Å². The maximum absolute atomic E-state index is 13.2. The minimum atomic E-state index is -0.296. The van der Waals surface area contributed by atoms with Crippen LogP contribution >= 0.6 is 0 Å². The fourth-order valence-corrected chi connectivity index (χ4v) is 2.11. The summed E-state index contributed by atoms with van der Waals surface area (Å²) in [7, 11) is 0. The fraction of sp³-hybridized carbons (Fsp3) is 0.118. The average molecular weight is 309 g/mol. The van der Waals surface area contributed by atoms with Crippen molar-refractivity contribution in [2.24, 2.45) is 0 Å². The van der Waals surface area contributed by atoms with E-state index in [1.807, 2.05) is 19.1 Å². The Labute approximate surface area is 133 Å². The molecule has 3 aromatic rings. The minimum absolute atomic E-state index is 0.296. The van der Waals surface area contributed by atoms with Gasteiger partial charge in [-0.05, 0) is 36.8 Å². The summed E-state index contributed by atoms with van der Waals surface area (Å²) in [6, 6.07) is 11.9. The van der Waals surface area contributed by atoms with Gasteiger partial charge in [-0.15, -0.1) is 0 Å². The first kappa shape index (κ1) is 14.9. The highest BCUT2D eigenvalue weighted by atomic mass is 19.1. The highest BCUT2D eigenvalue weighted by Gasteiger charge is 2.04. The van der Waals surface area contributed by atoms with Crippen LogP contribution in [-0.2, 0) is 6.54 Å². The molecule has 0 bridgehead atoms. The van der Waals surface area contributed by atoms with Crippen molar-refractivity contribution in [3.63, 3.8) is 0 Å². The molecule has 3 rings (SSSR count). The molecular weight excluding hydrogens is 293 g/mol. The molecule has 0 aliphatic rings. The van der Waals surface area contributed by atoms with Gasteiger partial charge in [-0.1, -0.05) is 12.1 Å². The Morgan fingerprint density at radius 1 is 1.09 bits per heavy atom. The van der Waals surface area contributed by atoms with Gasteiger partial charge in [-0.2, -0.15) is 4.98 Å². The number of benzene rings is 1. The number of rotatable bonds is 5. The normalized spacial score (nSPS) is 10.3. The van der Waals surface area contributed by atoms with Crippen molar-refractivity contribution in [1.29, 1.82) is 0 Å². The Morgan fingerprint density at radius 3 is 2.78 bits per heavy atom. The number of anilines is 3. The summed E-state index contributed by atoms with van der Waals surface area (Å²) >= 11 is 0. The summed E-state index contributed by atoms with van der Waals surface area (Å²) in [5.74, 6) is 0.820. The molecule has 0 spiro atoms. The van der Waals surface area contributed by atoms with E-state index in [2.05, 4.69) is 25.6 Å². The zero-order valence-corrected chi connectivity index (χ0v) is 12.6. The molecule has 0 saturated heterocycles. The number of pyridine rings is 1. The quantitative estimate of drug-likeness (QED) is 0.753. The molecule has 0 aliphatic carbocycles. The lowest BCUT2D eigenvalue weighted by Crippen LogP contribution is -2.06. The molecule has 0 amide bonds. The van der Waals surface area contributed by atoms with Crippen LogP contribution in [0.3, 0.4) is 0 Å². The third-order valence-electron chi connectivity index (χ3n) is 3.12. The first-order valence-corrected chi connectivity index (χ1v) is 7.20. The van der Waals surface area contributed by atoms with Crippen LogP contribution in [0.1, 0.15) is 11.3 Å². The smallest absolute Gasteiger partial charge is 0.225 e. The summed E-state index contributed by atoms with van der Waals surface area (Å²) < 4.78 is 13.2. The molecule has 0 atom stereocenters. The van der Waals surface area contributed by atoms with E-state index >= 15 is 0 Å². The van der Waals surface area contributed by atoms with E-state index in [9.17, 15) is 4.39 Å². The summed E-state index contributed by atoms with van der Waals surface area (Å²) in [4.78, 5) is 12.8. The zero-order chi connectivity index (χ0) is 16.1. The number of aryl methyl sites for hydroxylation is 1. The molecule has 116 valence electrons. The number of nitrogens with zero attached hydrogens (tertiary/aromatic N) is 3. The largest absolute Gasteiger partial charge is 0.350 e. The van der Waals surface area contributed by atoms with E-state index in [1.165, 1.54) is 12.1 Å². The second kappa shape index (κ2) is 6.83. The molecule has 2 N–H and O–H groups in total. The number of aromatic nitrogens is 3. The van der Waals surface area contributed by atoms with Crippen LogP contribution in [0.15, 0.2) is 54.9 Å². The van der Waals surface area contributed by atoms with Crippen LogP contribution < -0.4 is 10.6 Å². The van der Waals surface area contributed by atoms with Gasteiger partial charge >= 0.3 is 0 Å². The van der Waals surface area contributed by atoms with E-state index in [-0.39, 0.29) is 5.82 Å². The minimum Gasteiger partial charge on any atom is -0.350 e. The van der Waals surface area contributed by atoms with Gasteiger partial charge in [0.25, 0.3) is 0 Å². The number of hydrogen-bond acceptors (Lipinski definition) is 5. The third kappa shape index (κ3) is 4.23. The van der Waals surface area contributed by atoms with Crippen LogP contribution in [0.5, 0.6) is 0 Å². The molecule has 0 aliphatic heterocycles. The number of halogens is 1. The molecule has 6 heteroatoms. The molecule has 2 aromatic heterocycles. The summed E-state index contributed by atoms with van der Waals surface area (Å²) in [5.41, 5.74) is 2.49. The van der Waals surface area contributed by atoms with E-state index in [0.717, 1.165) is 11.3 Å². The Hall–Kier alpha value is -3.02. The highest BCUT2D eigenvalue weighted by Crippen LogP contribution is 2.17. The first-order valence-electron chi connectivity index (χ1n) is 7.20. The van der Waals surface area contributed by atoms with Crippen molar-refractivity contribution in [1.82, 2.24) is 15.0 Å². The standard InChI is InChI=1S/C17H16FN5/c1-12-8-16(22-15-6-2-5-14(18)9-15)23-17(21-12)20-11-13-4-3-7-19-10-13/h2-10H,11H2,1H3,(H2,20,21,22,23). The Kier molecular flexibility index (Phi) is 4.42. The van der Waals surface area contributed by atoms with Crippen molar-refractivity contribution in [2.45, 2.75) is 13.5 Å². The van der Waals surface area contributed by atoms with Gasteiger partial charge in [0.15, 0.2) is 0 Å². The predicted octanol–water partition coefficient (Wildman–Crippen LogP) is 3.67. The summed E-state index contributed by atoms with van der Waals surface area (Å²) in [6.45, 7) is 2.46. The molecule has 0 radical (unpaired) electrons. The van der Waals surface area contributed by atoms with E-state index < -0.39 is 0 Å². The fourth-order valence-electron chi connectivity index (χ4n) is 2.11. The van der Waals surface area contributed by atoms with Crippen molar-refractivity contribution in [2.75, 3.05) is 10.6 Å². The Morgan fingerprint density at radius 2 is 2.00 bits per heavy atom. The molecule has 1 aromatic carbocycles. The van der Waals surface area contributed by atoms with Crippen LogP contribution in [-0.4, -0.2) is 15.0 Å². The molecule has 0 unspecified atom stereocenters. The van der Waals surface area contributed by atoms with Crippen molar-refractivity contribution >= 4 is 17.5 Å². The molecule has 0 saturated carbocycles. The second-order valence-corrected chi connectivity index (χ2v) is 5.07. The van der Waals surface area contributed by atoms with Crippen LogP contribution in [0.4, 0.5) is 21.8 Å². The molecule has 5 nitrogen and oxygen atoms in total. The van der Waals surface area contributed by atoms with Gasteiger partial charge in [-0.25, -0.2) is 9.37 Å². The first-order chi connectivity index (χ1) is 11.2. The topological polar surface area (TPSA) is 62.7 Å². The Bertz CT molecular complexity index is 792. The molecule has 2 heterocycles. The lowest BCUT2D eigenvalue weighted by molar-refractivity contribution is 0.628. The number of nitrogens with one attached hydrogen (secondary N) is 2. The Balaban J connectivity index is 1.73. The molecule has 0 fully saturated rings. The van der Waals surface area contributed by atoms with Gasteiger partial charge in [0.05, 0.1) is 0 Å². The van der Waals surface area contributed by atoms with Gasteiger partial charge in [-0.3, -0.25) is 4.98 Å². The summed E-state index contributed by atoms with van der Waals surface area (Å²) in [6.07, 6.45) is 3.52. The maximum atomic E-state index is 13.2. The monoisotopic (exact) mass is 309 g/mol. The van der Waals surface area contributed by atoms with Crippen LogP contribution in [0.25, 0.3) is 0 Å². The van der Waals surface area contributed by atoms with E-state index in [1.54, 1.807) is 30.6 Å². The zero-order valence-electron chi connectivity index (χ0n) is 12.6. The maximum Gasteiger partial charge on any atom is 0.225 e. The lowest BCUT2D eigenvalue weighted by Gasteiger charge is -2.10. The van der Waals surface area contributed by atoms with Crippen molar-refractivity contribution in [3.8, 4) is 0 Å². The van der Waals surface area contributed by atoms with Crippen molar-refractivity contribution in [3.05, 3.63) is 71.9 Å². The van der Waals surface area contributed by atoms with E-state index in [4.69, 9.17) is 0 Å². The molecular formula is C17H16FN5. The summed E-state index contributed by atoms with van der Waals surface area (Å²) in [5, 5.41) is 6.24. The van der Waals surface area contributed by atoms with Crippen LogP contribution in [0.2, 0.25) is 0 Å². The van der Waals surface area contributed by atoms with Gasteiger partial charge in [0.1, 0.15) is 11.6 Å². The average Bonchev–Trinajstić information content (AvgIpc) is 2.53. The van der Waals surface area contributed by atoms with Gasteiger partial charge < -0.3 is 10.6 Å².